The van der Waals surface area contributed by atoms with Gasteiger partial charge in [-0.05, 0) is 73.8 Å². The van der Waals surface area contributed by atoms with Crippen LogP contribution < -0.4 is 10.6 Å². The zero-order valence-corrected chi connectivity index (χ0v) is 16.1. The molecular formula is C16H25BrN2O2S. The fraction of sp³-hybridized carbons (Fsp3) is 0.688. The third-order valence-corrected chi connectivity index (χ3v) is 5.75. The summed E-state index contributed by atoms with van der Waals surface area (Å²) in [5.74, 6) is 0.612. The van der Waals surface area contributed by atoms with Crippen LogP contribution in [0.15, 0.2) is 15.9 Å². The second-order valence-corrected chi connectivity index (χ2v) is 8.95. The maximum absolute atomic E-state index is 11.9. The van der Waals surface area contributed by atoms with E-state index in [1.54, 1.807) is 11.3 Å². The van der Waals surface area contributed by atoms with Gasteiger partial charge in [-0.3, -0.25) is 0 Å². The highest BCUT2D eigenvalue weighted by molar-refractivity contribution is 9.10. The lowest BCUT2D eigenvalue weighted by molar-refractivity contribution is 0.0507. The molecule has 6 heteroatoms. The molecule has 2 rings (SSSR count). The normalized spacial score (nSPS) is 17.9. The quantitative estimate of drug-likeness (QED) is 0.763. The molecule has 0 saturated heterocycles. The van der Waals surface area contributed by atoms with Gasteiger partial charge in [0.25, 0.3) is 0 Å². The Morgan fingerprint density at radius 2 is 2.09 bits per heavy atom. The zero-order chi connectivity index (χ0) is 16.4. The molecule has 1 fully saturated rings. The van der Waals surface area contributed by atoms with Crippen LogP contribution in [0.4, 0.5) is 4.79 Å². The van der Waals surface area contributed by atoms with Crippen molar-refractivity contribution in [3.8, 4) is 0 Å². The van der Waals surface area contributed by atoms with Gasteiger partial charge < -0.3 is 15.4 Å². The fourth-order valence-electron chi connectivity index (χ4n) is 2.38. The number of thiophene rings is 1. The summed E-state index contributed by atoms with van der Waals surface area (Å²) in [6.45, 7) is 9.19. The molecule has 1 aromatic heterocycles. The van der Waals surface area contributed by atoms with Crippen molar-refractivity contribution in [3.05, 3.63) is 20.8 Å². The lowest BCUT2D eigenvalue weighted by Gasteiger charge is -2.32. The van der Waals surface area contributed by atoms with Crippen molar-refractivity contribution >= 4 is 33.4 Å². The van der Waals surface area contributed by atoms with Crippen molar-refractivity contribution in [2.24, 2.45) is 5.92 Å². The van der Waals surface area contributed by atoms with E-state index in [0.29, 0.717) is 12.5 Å². The number of alkyl carbamates (subject to hydrolysis) is 1. The number of carbonyl (C=O) groups is 1. The predicted octanol–water partition coefficient (Wildman–Crippen LogP) is 4.29. The van der Waals surface area contributed by atoms with Crippen LogP contribution in [0.25, 0.3) is 0 Å². The molecule has 22 heavy (non-hydrogen) atoms. The Morgan fingerprint density at radius 1 is 1.41 bits per heavy atom. The molecule has 0 aromatic carbocycles. The van der Waals surface area contributed by atoms with Crippen molar-refractivity contribution < 1.29 is 9.53 Å². The second kappa shape index (κ2) is 6.89. The van der Waals surface area contributed by atoms with Gasteiger partial charge in [0.2, 0.25) is 0 Å². The fourth-order valence-corrected chi connectivity index (χ4v) is 3.81. The van der Waals surface area contributed by atoms with Crippen LogP contribution in [0.1, 0.15) is 45.4 Å². The minimum atomic E-state index is -0.463. The van der Waals surface area contributed by atoms with Gasteiger partial charge in [-0.1, -0.05) is 0 Å². The molecule has 0 bridgehead atoms. The number of nitrogens with one attached hydrogen (secondary N) is 2. The van der Waals surface area contributed by atoms with E-state index >= 15 is 0 Å². The number of rotatable bonds is 6. The summed E-state index contributed by atoms with van der Waals surface area (Å²) in [6.07, 6.45) is 2.08. The first-order valence-corrected chi connectivity index (χ1v) is 9.31. The third kappa shape index (κ3) is 5.25. The van der Waals surface area contributed by atoms with Gasteiger partial charge in [0.05, 0.1) is 0 Å². The topological polar surface area (TPSA) is 50.4 Å². The van der Waals surface area contributed by atoms with Gasteiger partial charge in [0, 0.05) is 28.0 Å². The number of ether oxygens (including phenoxy) is 1. The first-order chi connectivity index (χ1) is 10.2. The Hall–Kier alpha value is -0.590. The van der Waals surface area contributed by atoms with Crippen molar-refractivity contribution in [3.63, 3.8) is 0 Å². The Labute approximate surface area is 145 Å². The number of hydrogen-bond donors (Lipinski definition) is 2. The van der Waals surface area contributed by atoms with Gasteiger partial charge in [0.1, 0.15) is 5.60 Å². The second-order valence-electron chi connectivity index (χ2n) is 7.09. The Kier molecular flexibility index (Phi) is 5.56. The van der Waals surface area contributed by atoms with Gasteiger partial charge in [-0.2, -0.15) is 0 Å². The summed E-state index contributed by atoms with van der Waals surface area (Å²) in [4.78, 5) is 13.2. The van der Waals surface area contributed by atoms with E-state index in [-0.39, 0.29) is 11.6 Å². The summed E-state index contributed by atoms with van der Waals surface area (Å²) in [6, 6.07) is 2.06. The predicted molar refractivity (Wildman–Crippen MR) is 94.2 cm³/mol. The SMILES string of the molecule is CC(C)(C)OC(=O)NCC(C)(NCc1sccc1Br)C1CC1. The van der Waals surface area contributed by atoms with Crippen LogP contribution >= 0.6 is 27.3 Å². The van der Waals surface area contributed by atoms with E-state index in [2.05, 4.69) is 44.9 Å². The van der Waals surface area contributed by atoms with E-state index in [9.17, 15) is 4.79 Å². The molecule has 0 spiro atoms. The van der Waals surface area contributed by atoms with Crippen LogP contribution in [0, 0.1) is 5.92 Å². The number of hydrogen-bond acceptors (Lipinski definition) is 4. The van der Waals surface area contributed by atoms with Crippen LogP contribution in [-0.4, -0.2) is 23.8 Å². The van der Waals surface area contributed by atoms with Crippen LogP contribution in [0.3, 0.4) is 0 Å². The summed E-state index contributed by atoms with van der Waals surface area (Å²) in [7, 11) is 0. The van der Waals surface area contributed by atoms with E-state index in [1.807, 2.05) is 20.8 Å². The smallest absolute Gasteiger partial charge is 0.407 e. The van der Waals surface area contributed by atoms with Crippen molar-refractivity contribution in [2.75, 3.05) is 6.54 Å². The molecule has 0 radical (unpaired) electrons. The van der Waals surface area contributed by atoms with Crippen molar-refractivity contribution in [2.45, 2.75) is 58.2 Å². The minimum Gasteiger partial charge on any atom is -0.444 e. The summed E-state index contributed by atoms with van der Waals surface area (Å²) in [5, 5.41) is 8.62. The monoisotopic (exact) mass is 388 g/mol. The van der Waals surface area contributed by atoms with E-state index in [0.717, 1.165) is 11.0 Å². The lowest BCUT2D eigenvalue weighted by atomic mass is 9.95. The molecular weight excluding hydrogens is 364 g/mol. The molecule has 2 N–H and O–H groups in total. The summed E-state index contributed by atoms with van der Waals surface area (Å²) in [5.41, 5.74) is -0.560. The largest absolute Gasteiger partial charge is 0.444 e. The zero-order valence-electron chi connectivity index (χ0n) is 13.7. The average molecular weight is 389 g/mol. The Bertz CT molecular complexity index is 522. The van der Waals surface area contributed by atoms with Crippen LogP contribution in [0.2, 0.25) is 0 Å². The standard InChI is InChI=1S/C16H25BrN2O2S/c1-15(2,3)21-14(20)18-10-16(4,11-5-6-11)19-9-13-12(17)7-8-22-13/h7-8,11,19H,5-6,9-10H2,1-4H3,(H,18,20). The van der Waals surface area contributed by atoms with E-state index in [4.69, 9.17) is 4.74 Å². The number of carbonyl (C=O) groups excluding carboxylic acids is 1. The lowest BCUT2D eigenvalue weighted by Crippen LogP contribution is -2.53. The summed E-state index contributed by atoms with van der Waals surface area (Å²) >= 11 is 5.30. The summed E-state index contributed by atoms with van der Waals surface area (Å²) < 4.78 is 6.46. The van der Waals surface area contributed by atoms with Crippen molar-refractivity contribution in [1.82, 2.24) is 10.6 Å². The highest BCUT2D eigenvalue weighted by Crippen LogP contribution is 2.39. The molecule has 1 atom stereocenters. The molecule has 1 aliphatic carbocycles. The average Bonchev–Trinajstić information content (AvgIpc) is 3.17. The molecule has 0 aliphatic heterocycles. The Balaban J connectivity index is 1.88. The molecule has 1 saturated carbocycles. The van der Waals surface area contributed by atoms with E-state index < -0.39 is 5.60 Å². The molecule has 1 unspecified atom stereocenters. The van der Waals surface area contributed by atoms with Crippen LogP contribution in [-0.2, 0) is 11.3 Å². The Morgan fingerprint density at radius 3 is 2.59 bits per heavy atom. The minimum absolute atomic E-state index is 0.0969. The van der Waals surface area contributed by atoms with Gasteiger partial charge >= 0.3 is 6.09 Å². The molecule has 4 nitrogen and oxygen atoms in total. The third-order valence-electron chi connectivity index (χ3n) is 3.82. The maximum Gasteiger partial charge on any atom is 0.407 e. The number of halogens is 1. The molecule has 1 heterocycles. The maximum atomic E-state index is 11.9. The highest BCUT2D eigenvalue weighted by atomic mass is 79.9. The highest BCUT2D eigenvalue weighted by Gasteiger charge is 2.41. The van der Waals surface area contributed by atoms with Crippen molar-refractivity contribution in [1.29, 1.82) is 0 Å². The van der Waals surface area contributed by atoms with Gasteiger partial charge in [0.15, 0.2) is 0 Å². The first-order valence-electron chi connectivity index (χ1n) is 7.63. The molecule has 1 aliphatic rings. The van der Waals surface area contributed by atoms with Gasteiger partial charge in [-0.25, -0.2) is 4.79 Å². The van der Waals surface area contributed by atoms with Crippen LogP contribution in [0.5, 0.6) is 0 Å². The molecule has 1 amide bonds. The molecule has 1 aromatic rings. The molecule has 124 valence electrons. The van der Waals surface area contributed by atoms with Gasteiger partial charge in [-0.15, -0.1) is 11.3 Å². The van der Waals surface area contributed by atoms with E-state index in [1.165, 1.54) is 17.7 Å². The first kappa shape index (κ1) is 17.8. The number of amides is 1.